The van der Waals surface area contributed by atoms with Crippen molar-refractivity contribution in [3.05, 3.63) is 53.1 Å². The Bertz CT molecular complexity index is 882. The second kappa shape index (κ2) is 7.58. The molecule has 0 aromatic heterocycles. The first-order chi connectivity index (χ1) is 12.4. The monoisotopic (exact) mass is 371 g/mol. The third-order valence-corrected chi connectivity index (χ3v) is 4.38. The zero-order chi connectivity index (χ0) is 18.7. The van der Waals surface area contributed by atoms with Crippen LogP contribution in [0.25, 0.3) is 0 Å². The molecule has 2 N–H and O–H groups in total. The van der Waals surface area contributed by atoms with E-state index in [2.05, 4.69) is 10.6 Å². The molecule has 0 unspecified atom stereocenters. The molecule has 0 aliphatic carbocycles. The smallest absolute Gasteiger partial charge is 0.314 e. The molecule has 1 aliphatic heterocycles. The first-order valence-electron chi connectivity index (χ1n) is 8.23. The normalized spacial score (nSPS) is 13.6. The van der Waals surface area contributed by atoms with Gasteiger partial charge in [-0.15, -0.1) is 0 Å². The van der Waals surface area contributed by atoms with Gasteiger partial charge in [0.25, 0.3) is 0 Å². The molecule has 6 nitrogen and oxygen atoms in total. The summed E-state index contributed by atoms with van der Waals surface area (Å²) >= 11 is 5.92. The minimum absolute atomic E-state index is 0.0580. The fraction of sp³-hybridized carbons (Fsp3) is 0.211. The number of carbonyl (C=O) groups is 3. The highest BCUT2D eigenvalue weighted by molar-refractivity contribution is 6.44. The van der Waals surface area contributed by atoms with Crippen LogP contribution in [-0.4, -0.2) is 24.3 Å². The Morgan fingerprint density at radius 2 is 1.85 bits per heavy atom. The van der Waals surface area contributed by atoms with E-state index in [9.17, 15) is 14.4 Å². The van der Waals surface area contributed by atoms with Crippen molar-refractivity contribution in [2.24, 2.45) is 0 Å². The van der Waals surface area contributed by atoms with Crippen LogP contribution in [0.5, 0.6) is 0 Å². The molecule has 1 fully saturated rings. The number of hydrogen-bond acceptors (Lipinski definition) is 3. The Labute approximate surface area is 156 Å². The van der Waals surface area contributed by atoms with Crippen molar-refractivity contribution in [2.45, 2.75) is 19.8 Å². The molecule has 26 heavy (non-hydrogen) atoms. The number of rotatable bonds is 3. The Kier molecular flexibility index (Phi) is 5.23. The van der Waals surface area contributed by atoms with Crippen molar-refractivity contribution in [1.82, 2.24) is 0 Å². The molecule has 0 spiro atoms. The number of benzene rings is 2. The minimum Gasteiger partial charge on any atom is -0.318 e. The van der Waals surface area contributed by atoms with E-state index in [0.717, 1.165) is 12.0 Å². The molecule has 0 bridgehead atoms. The van der Waals surface area contributed by atoms with E-state index in [-0.39, 0.29) is 5.91 Å². The number of nitrogens with zero attached hydrogens (tertiary/aromatic N) is 1. The number of nitrogens with one attached hydrogen (secondary N) is 2. The quantitative estimate of drug-likeness (QED) is 0.812. The first kappa shape index (κ1) is 17.9. The molecule has 1 saturated heterocycles. The van der Waals surface area contributed by atoms with E-state index in [1.54, 1.807) is 54.3 Å². The zero-order valence-electron chi connectivity index (χ0n) is 14.2. The number of carbonyl (C=O) groups excluding carboxylic acids is 3. The maximum atomic E-state index is 12.2. The summed E-state index contributed by atoms with van der Waals surface area (Å²) in [5.41, 5.74) is 2.43. The molecule has 2 aromatic carbocycles. The summed E-state index contributed by atoms with van der Waals surface area (Å²) in [5.74, 6) is -1.53. The van der Waals surface area contributed by atoms with Gasteiger partial charge in [-0.05, 0) is 49.2 Å². The predicted octanol–water partition coefficient (Wildman–Crippen LogP) is 3.35. The molecule has 0 radical (unpaired) electrons. The fourth-order valence-electron chi connectivity index (χ4n) is 2.77. The van der Waals surface area contributed by atoms with Crippen LogP contribution in [0, 0.1) is 6.92 Å². The largest absolute Gasteiger partial charge is 0.318 e. The van der Waals surface area contributed by atoms with E-state index >= 15 is 0 Å². The summed E-state index contributed by atoms with van der Waals surface area (Å²) in [6.45, 7) is 2.46. The lowest BCUT2D eigenvalue weighted by atomic mass is 10.2. The van der Waals surface area contributed by atoms with Crippen molar-refractivity contribution in [1.29, 1.82) is 0 Å². The Morgan fingerprint density at radius 3 is 2.58 bits per heavy atom. The van der Waals surface area contributed by atoms with E-state index in [0.29, 0.717) is 35.1 Å². The van der Waals surface area contributed by atoms with Crippen LogP contribution in [0.4, 0.5) is 17.1 Å². The van der Waals surface area contributed by atoms with Gasteiger partial charge in [-0.25, -0.2) is 0 Å². The summed E-state index contributed by atoms with van der Waals surface area (Å²) in [6, 6.07) is 11.9. The summed E-state index contributed by atoms with van der Waals surface area (Å²) in [4.78, 5) is 37.8. The summed E-state index contributed by atoms with van der Waals surface area (Å²) in [5, 5.41) is 5.57. The predicted molar refractivity (Wildman–Crippen MR) is 101 cm³/mol. The Morgan fingerprint density at radius 1 is 1.08 bits per heavy atom. The molecule has 2 aromatic rings. The molecular formula is C19H18ClN3O3. The molecule has 0 atom stereocenters. The van der Waals surface area contributed by atoms with Gasteiger partial charge in [0.15, 0.2) is 0 Å². The van der Waals surface area contributed by atoms with E-state index < -0.39 is 11.8 Å². The molecule has 1 aliphatic rings. The van der Waals surface area contributed by atoms with Gasteiger partial charge < -0.3 is 15.5 Å². The van der Waals surface area contributed by atoms with Crippen LogP contribution in [0.15, 0.2) is 42.5 Å². The van der Waals surface area contributed by atoms with Gasteiger partial charge in [-0.3, -0.25) is 14.4 Å². The highest BCUT2D eigenvalue weighted by Gasteiger charge is 2.22. The number of hydrogen-bond donors (Lipinski definition) is 2. The van der Waals surface area contributed by atoms with Crippen molar-refractivity contribution in [3.8, 4) is 0 Å². The van der Waals surface area contributed by atoms with E-state index in [4.69, 9.17) is 11.6 Å². The Balaban J connectivity index is 1.68. The molecule has 1 heterocycles. The molecule has 7 heteroatoms. The second-order valence-electron chi connectivity index (χ2n) is 6.07. The molecule has 3 rings (SSSR count). The highest BCUT2D eigenvalue weighted by Crippen LogP contribution is 2.24. The summed E-state index contributed by atoms with van der Waals surface area (Å²) in [7, 11) is 0. The van der Waals surface area contributed by atoms with Crippen LogP contribution < -0.4 is 15.5 Å². The molecular weight excluding hydrogens is 354 g/mol. The number of halogens is 1. The third-order valence-electron chi connectivity index (χ3n) is 4.14. The van der Waals surface area contributed by atoms with Gasteiger partial charge in [0, 0.05) is 35.1 Å². The number of aryl methyl sites for hydroxylation is 1. The summed E-state index contributed by atoms with van der Waals surface area (Å²) < 4.78 is 0. The molecule has 3 amide bonds. The second-order valence-corrected chi connectivity index (χ2v) is 6.50. The van der Waals surface area contributed by atoms with Crippen molar-refractivity contribution < 1.29 is 14.4 Å². The van der Waals surface area contributed by atoms with Gasteiger partial charge in [0.05, 0.1) is 0 Å². The fourth-order valence-corrected chi connectivity index (χ4v) is 2.94. The van der Waals surface area contributed by atoms with Gasteiger partial charge >= 0.3 is 11.8 Å². The van der Waals surface area contributed by atoms with Crippen LogP contribution in [0.2, 0.25) is 5.02 Å². The lowest BCUT2D eigenvalue weighted by Crippen LogP contribution is -2.29. The molecule has 134 valence electrons. The van der Waals surface area contributed by atoms with Gasteiger partial charge in [-0.1, -0.05) is 23.7 Å². The van der Waals surface area contributed by atoms with E-state index in [1.807, 2.05) is 0 Å². The van der Waals surface area contributed by atoms with Crippen LogP contribution >= 0.6 is 11.6 Å². The van der Waals surface area contributed by atoms with Gasteiger partial charge in [0.1, 0.15) is 0 Å². The lowest BCUT2D eigenvalue weighted by Gasteiger charge is -2.16. The SMILES string of the molecule is Cc1ccc(Cl)cc1NC(=O)C(=O)Nc1cccc(N2CCCC2=O)c1. The third kappa shape index (κ3) is 4.03. The van der Waals surface area contributed by atoms with Gasteiger partial charge in [-0.2, -0.15) is 0 Å². The summed E-state index contributed by atoms with van der Waals surface area (Å²) in [6.07, 6.45) is 1.34. The number of amides is 3. The van der Waals surface area contributed by atoms with Crippen LogP contribution in [-0.2, 0) is 14.4 Å². The standard InChI is InChI=1S/C19H18ClN3O3/c1-12-7-8-13(20)10-16(12)22-19(26)18(25)21-14-4-2-5-15(11-14)23-9-3-6-17(23)24/h2,4-5,7-8,10-11H,3,6,9H2,1H3,(H,21,25)(H,22,26). The van der Waals surface area contributed by atoms with Crippen molar-refractivity contribution in [3.63, 3.8) is 0 Å². The zero-order valence-corrected chi connectivity index (χ0v) is 15.0. The van der Waals surface area contributed by atoms with Crippen molar-refractivity contribution >= 4 is 46.4 Å². The topological polar surface area (TPSA) is 78.5 Å². The number of anilines is 3. The maximum Gasteiger partial charge on any atom is 0.314 e. The lowest BCUT2D eigenvalue weighted by molar-refractivity contribution is -0.133. The van der Waals surface area contributed by atoms with Crippen LogP contribution in [0.1, 0.15) is 18.4 Å². The van der Waals surface area contributed by atoms with E-state index in [1.165, 1.54) is 0 Å². The van der Waals surface area contributed by atoms with Crippen molar-refractivity contribution in [2.75, 3.05) is 22.1 Å². The minimum atomic E-state index is -0.797. The average Bonchev–Trinajstić information content (AvgIpc) is 3.04. The maximum absolute atomic E-state index is 12.2. The van der Waals surface area contributed by atoms with Gasteiger partial charge in [0.2, 0.25) is 5.91 Å². The molecule has 0 saturated carbocycles. The van der Waals surface area contributed by atoms with Crippen LogP contribution in [0.3, 0.4) is 0 Å². The Hall–Kier alpha value is -2.86. The first-order valence-corrected chi connectivity index (χ1v) is 8.61. The average molecular weight is 372 g/mol. The highest BCUT2D eigenvalue weighted by atomic mass is 35.5.